The maximum absolute atomic E-state index is 5.91. The molecule has 14 heavy (non-hydrogen) atoms. The largest absolute Gasteiger partial charge is 0.271 e. The number of rotatable bonds is 4. The lowest BCUT2D eigenvalue weighted by atomic mass is 9.98. The molecule has 0 radical (unpaired) electrons. The molecule has 3 heteroatoms. The number of hydrazine groups is 1. The third kappa shape index (κ3) is 3.29. The second-order valence-corrected chi connectivity index (χ2v) is 4.34. The summed E-state index contributed by atoms with van der Waals surface area (Å²) in [5, 5.41) is 0.756. The Morgan fingerprint density at radius 3 is 2.64 bits per heavy atom. The first kappa shape index (κ1) is 11.5. The Hall–Kier alpha value is -0.570. The van der Waals surface area contributed by atoms with Crippen LogP contribution in [0.2, 0.25) is 5.02 Å². The van der Waals surface area contributed by atoms with Gasteiger partial charge in [-0.2, -0.15) is 0 Å². The Morgan fingerprint density at radius 1 is 1.43 bits per heavy atom. The number of hydrogen-bond acceptors (Lipinski definition) is 2. The predicted octanol–water partition coefficient (Wildman–Crippen LogP) is 2.89. The van der Waals surface area contributed by atoms with Crippen molar-refractivity contribution in [3.8, 4) is 0 Å². The van der Waals surface area contributed by atoms with Crippen LogP contribution in [0.1, 0.15) is 31.9 Å². The molecule has 1 aromatic rings. The second kappa shape index (κ2) is 5.35. The van der Waals surface area contributed by atoms with Gasteiger partial charge < -0.3 is 0 Å². The average molecular weight is 213 g/mol. The number of nitrogens with two attached hydrogens (primary N) is 1. The van der Waals surface area contributed by atoms with Crippen LogP contribution in [0.4, 0.5) is 0 Å². The Bertz CT molecular complexity index is 286. The van der Waals surface area contributed by atoms with Crippen LogP contribution in [0.25, 0.3) is 0 Å². The summed E-state index contributed by atoms with van der Waals surface area (Å²) in [6.07, 6.45) is 1.01. The summed E-state index contributed by atoms with van der Waals surface area (Å²) >= 11 is 5.91. The highest BCUT2D eigenvalue weighted by Gasteiger charge is 2.11. The summed E-state index contributed by atoms with van der Waals surface area (Å²) in [4.78, 5) is 0. The van der Waals surface area contributed by atoms with Gasteiger partial charge in [-0.25, -0.2) is 0 Å². The summed E-state index contributed by atoms with van der Waals surface area (Å²) in [7, 11) is 0. The fourth-order valence-electron chi connectivity index (χ4n) is 1.50. The molecule has 0 saturated carbocycles. The molecule has 0 aromatic heterocycles. The molecule has 0 aliphatic rings. The predicted molar refractivity (Wildman–Crippen MR) is 61.0 cm³/mol. The van der Waals surface area contributed by atoms with Gasteiger partial charge in [-0.05, 0) is 30.0 Å². The molecule has 0 saturated heterocycles. The van der Waals surface area contributed by atoms with Crippen LogP contribution < -0.4 is 11.3 Å². The summed E-state index contributed by atoms with van der Waals surface area (Å²) in [5.74, 6) is 6.12. The van der Waals surface area contributed by atoms with E-state index in [4.69, 9.17) is 17.4 Å². The number of benzene rings is 1. The maximum atomic E-state index is 5.91. The molecular formula is C11H17ClN2. The van der Waals surface area contributed by atoms with Crippen molar-refractivity contribution >= 4 is 11.6 Å². The van der Waals surface area contributed by atoms with Crippen molar-refractivity contribution in [1.29, 1.82) is 0 Å². The smallest absolute Gasteiger partial charge is 0.0462 e. The Labute approximate surface area is 90.4 Å². The lowest BCUT2D eigenvalue weighted by Crippen LogP contribution is -2.29. The molecule has 0 fully saturated rings. The molecule has 0 heterocycles. The highest BCUT2D eigenvalue weighted by Crippen LogP contribution is 2.22. The molecule has 1 unspecified atom stereocenters. The fourth-order valence-corrected chi connectivity index (χ4v) is 1.69. The van der Waals surface area contributed by atoms with Gasteiger partial charge in [0.1, 0.15) is 0 Å². The van der Waals surface area contributed by atoms with E-state index >= 15 is 0 Å². The SMILES string of the molecule is CC(C)CC(NN)c1cccc(Cl)c1. The molecule has 0 spiro atoms. The number of nitrogens with one attached hydrogen (secondary N) is 1. The standard InChI is InChI=1S/C11H17ClN2/c1-8(2)6-11(14-13)9-4-3-5-10(12)7-9/h3-5,7-8,11,14H,6,13H2,1-2H3. The van der Waals surface area contributed by atoms with Crippen molar-refractivity contribution in [3.05, 3.63) is 34.9 Å². The van der Waals surface area contributed by atoms with E-state index in [2.05, 4.69) is 19.3 Å². The minimum absolute atomic E-state index is 0.189. The van der Waals surface area contributed by atoms with E-state index in [-0.39, 0.29) is 6.04 Å². The minimum Gasteiger partial charge on any atom is -0.271 e. The summed E-state index contributed by atoms with van der Waals surface area (Å²) in [6.45, 7) is 4.35. The molecule has 0 bridgehead atoms. The molecule has 78 valence electrons. The van der Waals surface area contributed by atoms with Gasteiger partial charge >= 0.3 is 0 Å². The van der Waals surface area contributed by atoms with E-state index in [1.165, 1.54) is 0 Å². The Morgan fingerprint density at radius 2 is 2.14 bits per heavy atom. The van der Waals surface area contributed by atoms with E-state index in [9.17, 15) is 0 Å². The average Bonchev–Trinajstić information content (AvgIpc) is 2.14. The zero-order valence-corrected chi connectivity index (χ0v) is 9.38. The summed E-state index contributed by atoms with van der Waals surface area (Å²) in [6, 6.07) is 8.00. The van der Waals surface area contributed by atoms with Gasteiger partial charge in [-0.15, -0.1) is 0 Å². The molecule has 0 amide bonds. The van der Waals surface area contributed by atoms with E-state index in [0.29, 0.717) is 5.92 Å². The normalized spacial score (nSPS) is 13.2. The lowest BCUT2D eigenvalue weighted by molar-refractivity contribution is 0.438. The Kier molecular flexibility index (Phi) is 4.39. The highest BCUT2D eigenvalue weighted by molar-refractivity contribution is 6.30. The van der Waals surface area contributed by atoms with Crippen LogP contribution in [0.15, 0.2) is 24.3 Å². The molecule has 3 N–H and O–H groups in total. The monoisotopic (exact) mass is 212 g/mol. The molecule has 2 nitrogen and oxygen atoms in total. The first-order chi connectivity index (χ1) is 6.63. The minimum atomic E-state index is 0.189. The van der Waals surface area contributed by atoms with E-state index < -0.39 is 0 Å². The molecule has 0 aliphatic carbocycles. The van der Waals surface area contributed by atoms with Crippen LogP contribution in [0, 0.1) is 5.92 Å². The van der Waals surface area contributed by atoms with Crippen molar-refractivity contribution in [2.75, 3.05) is 0 Å². The molecule has 1 aromatic carbocycles. The maximum Gasteiger partial charge on any atom is 0.0462 e. The van der Waals surface area contributed by atoms with E-state index in [0.717, 1.165) is 17.0 Å². The van der Waals surface area contributed by atoms with Crippen LogP contribution in [-0.2, 0) is 0 Å². The zero-order valence-electron chi connectivity index (χ0n) is 8.63. The molecular weight excluding hydrogens is 196 g/mol. The topological polar surface area (TPSA) is 38.0 Å². The van der Waals surface area contributed by atoms with Gasteiger partial charge in [-0.3, -0.25) is 11.3 Å². The summed E-state index contributed by atoms with van der Waals surface area (Å²) < 4.78 is 0. The van der Waals surface area contributed by atoms with Crippen LogP contribution in [0.5, 0.6) is 0 Å². The van der Waals surface area contributed by atoms with E-state index in [1.54, 1.807) is 0 Å². The van der Waals surface area contributed by atoms with Crippen LogP contribution in [0.3, 0.4) is 0 Å². The highest BCUT2D eigenvalue weighted by atomic mass is 35.5. The van der Waals surface area contributed by atoms with Gasteiger partial charge in [0, 0.05) is 11.1 Å². The number of hydrogen-bond donors (Lipinski definition) is 2. The number of halogens is 1. The third-order valence-electron chi connectivity index (χ3n) is 2.16. The van der Waals surface area contributed by atoms with Crippen molar-refractivity contribution in [2.24, 2.45) is 11.8 Å². The third-order valence-corrected chi connectivity index (χ3v) is 2.39. The molecule has 1 atom stereocenters. The Balaban J connectivity index is 2.78. The molecule has 0 aliphatic heterocycles. The molecule has 1 rings (SSSR count). The van der Waals surface area contributed by atoms with Crippen molar-refractivity contribution in [1.82, 2.24) is 5.43 Å². The van der Waals surface area contributed by atoms with Gasteiger partial charge in [0.25, 0.3) is 0 Å². The summed E-state index contributed by atoms with van der Waals surface area (Å²) in [5.41, 5.74) is 3.97. The van der Waals surface area contributed by atoms with E-state index in [1.807, 2.05) is 24.3 Å². The van der Waals surface area contributed by atoms with Gasteiger partial charge in [0.05, 0.1) is 0 Å². The van der Waals surface area contributed by atoms with Crippen LogP contribution >= 0.6 is 11.6 Å². The van der Waals surface area contributed by atoms with Gasteiger partial charge in [-0.1, -0.05) is 37.6 Å². The van der Waals surface area contributed by atoms with Crippen LogP contribution in [-0.4, -0.2) is 0 Å². The van der Waals surface area contributed by atoms with Gasteiger partial charge in [0.15, 0.2) is 0 Å². The quantitative estimate of drug-likeness (QED) is 0.595. The second-order valence-electron chi connectivity index (χ2n) is 3.90. The fraction of sp³-hybridized carbons (Fsp3) is 0.455. The van der Waals surface area contributed by atoms with Crippen molar-refractivity contribution in [2.45, 2.75) is 26.3 Å². The van der Waals surface area contributed by atoms with Crippen molar-refractivity contribution < 1.29 is 0 Å². The lowest BCUT2D eigenvalue weighted by Gasteiger charge is -2.18. The van der Waals surface area contributed by atoms with Gasteiger partial charge in [0.2, 0.25) is 0 Å². The first-order valence-electron chi connectivity index (χ1n) is 4.85. The van der Waals surface area contributed by atoms with Crippen molar-refractivity contribution in [3.63, 3.8) is 0 Å². The zero-order chi connectivity index (χ0) is 10.6. The first-order valence-corrected chi connectivity index (χ1v) is 5.23.